The lowest BCUT2D eigenvalue weighted by atomic mass is 10.1. The van der Waals surface area contributed by atoms with Crippen molar-refractivity contribution >= 4 is 45.1 Å². The molecule has 3 aromatic carbocycles. The minimum atomic E-state index is -4.88. The summed E-state index contributed by atoms with van der Waals surface area (Å²) >= 11 is 5.69. The lowest BCUT2D eigenvalue weighted by Gasteiger charge is -2.24. The number of nitrogens with zero attached hydrogens (tertiary/aromatic N) is 3. The summed E-state index contributed by atoms with van der Waals surface area (Å²) in [5, 5.41) is 13.9. The van der Waals surface area contributed by atoms with E-state index >= 15 is 0 Å². The third-order valence-corrected chi connectivity index (χ3v) is 7.65. The second-order valence-electron chi connectivity index (χ2n) is 8.29. The maximum absolute atomic E-state index is 13.5. The molecule has 15 heteroatoms. The van der Waals surface area contributed by atoms with Gasteiger partial charge in [-0.1, -0.05) is 29.8 Å². The Bertz CT molecular complexity index is 1710. The van der Waals surface area contributed by atoms with Crippen molar-refractivity contribution in [1.29, 1.82) is 0 Å². The number of hydrogen-bond acceptors (Lipinski definition) is 7. The first-order chi connectivity index (χ1) is 19.4. The SMILES string of the molecule is O=C(CN(c1ccc(Cl)c(C(F)(F)F)c1)S(=O)(=O)c1ccccc1)N/N=C\c1ccc(-c2ccc([N+](=O)[O-])cc2)o1. The van der Waals surface area contributed by atoms with Crippen LogP contribution in [0.25, 0.3) is 11.3 Å². The van der Waals surface area contributed by atoms with Crippen LogP contribution in [0.1, 0.15) is 11.3 Å². The van der Waals surface area contributed by atoms with E-state index in [1.165, 1.54) is 54.6 Å². The molecule has 212 valence electrons. The van der Waals surface area contributed by atoms with Gasteiger partial charge in [-0.05, 0) is 54.6 Å². The summed E-state index contributed by atoms with van der Waals surface area (Å²) in [5.74, 6) is -0.428. The van der Waals surface area contributed by atoms with E-state index < -0.39 is 49.8 Å². The number of rotatable bonds is 9. The Balaban J connectivity index is 1.54. The Labute approximate surface area is 235 Å². The van der Waals surface area contributed by atoms with Crippen LogP contribution in [0.3, 0.4) is 0 Å². The van der Waals surface area contributed by atoms with Crippen molar-refractivity contribution in [1.82, 2.24) is 5.43 Å². The van der Waals surface area contributed by atoms with E-state index in [9.17, 15) is 36.5 Å². The molecule has 1 amide bonds. The Hall–Kier alpha value is -4.69. The molecule has 1 heterocycles. The smallest absolute Gasteiger partial charge is 0.417 e. The van der Waals surface area contributed by atoms with Gasteiger partial charge in [0.05, 0.1) is 32.3 Å². The number of hydrogen-bond donors (Lipinski definition) is 1. The van der Waals surface area contributed by atoms with Crippen LogP contribution in [0.2, 0.25) is 5.02 Å². The monoisotopic (exact) mass is 606 g/mol. The number of amides is 1. The number of furan rings is 1. The van der Waals surface area contributed by atoms with Gasteiger partial charge in [-0.2, -0.15) is 18.3 Å². The molecular formula is C26H18ClF3N4O6S. The Morgan fingerprint density at radius 1 is 1.05 bits per heavy atom. The maximum atomic E-state index is 13.5. The third kappa shape index (κ3) is 6.91. The van der Waals surface area contributed by atoms with Gasteiger partial charge in [0.15, 0.2) is 0 Å². The topological polar surface area (TPSA) is 135 Å². The lowest BCUT2D eigenvalue weighted by molar-refractivity contribution is -0.384. The summed E-state index contributed by atoms with van der Waals surface area (Å²) < 4.78 is 73.2. The molecule has 0 saturated carbocycles. The molecule has 0 saturated heterocycles. The predicted octanol–water partition coefficient (Wildman–Crippen LogP) is 5.87. The van der Waals surface area contributed by atoms with Gasteiger partial charge in [-0.15, -0.1) is 0 Å². The molecule has 4 rings (SSSR count). The van der Waals surface area contributed by atoms with Gasteiger partial charge in [-0.3, -0.25) is 19.2 Å². The van der Waals surface area contributed by atoms with Gasteiger partial charge in [0.25, 0.3) is 21.6 Å². The first kappa shape index (κ1) is 29.3. The van der Waals surface area contributed by atoms with E-state index in [4.69, 9.17) is 16.0 Å². The number of anilines is 1. The van der Waals surface area contributed by atoms with Crippen LogP contribution in [0.4, 0.5) is 24.5 Å². The summed E-state index contributed by atoms with van der Waals surface area (Å²) in [7, 11) is -4.49. The molecule has 1 N–H and O–H groups in total. The van der Waals surface area contributed by atoms with E-state index in [1.807, 2.05) is 0 Å². The van der Waals surface area contributed by atoms with Gasteiger partial charge in [-0.25, -0.2) is 13.8 Å². The van der Waals surface area contributed by atoms with Gasteiger partial charge in [0.2, 0.25) is 0 Å². The van der Waals surface area contributed by atoms with Gasteiger partial charge < -0.3 is 4.42 Å². The van der Waals surface area contributed by atoms with Gasteiger partial charge in [0.1, 0.15) is 18.1 Å². The van der Waals surface area contributed by atoms with Crippen LogP contribution in [-0.4, -0.2) is 32.0 Å². The van der Waals surface area contributed by atoms with E-state index in [2.05, 4.69) is 10.5 Å². The molecule has 41 heavy (non-hydrogen) atoms. The number of nitrogens with one attached hydrogen (secondary N) is 1. The molecule has 0 atom stereocenters. The summed E-state index contributed by atoms with van der Waals surface area (Å²) in [5.41, 5.74) is 0.855. The Kier molecular flexibility index (Phi) is 8.44. The number of carbonyl (C=O) groups is 1. The van der Waals surface area contributed by atoms with Crippen molar-refractivity contribution in [2.24, 2.45) is 5.10 Å². The number of sulfonamides is 1. The molecule has 0 aliphatic carbocycles. The molecular weight excluding hydrogens is 589 g/mol. The Morgan fingerprint density at radius 2 is 1.73 bits per heavy atom. The average molecular weight is 607 g/mol. The average Bonchev–Trinajstić information content (AvgIpc) is 3.41. The highest BCUT2D eigenvalue weighted by molar-refractivity contribution is 7.92. The molecule has 0 bridgehead atoms. The van der Waals surface area contributed by atoms with Crippen LogP contribution in [0.5, 0.6) is 0 Å². The molecule has 0 radical (unpaired) electrons. The normalized spacial score (nSPS) is 11.9. The number of nitro benzene ring substituents is 1. The zero-order valence-electron chi connectivity index (χ0n) is 20.6. The minimum absolute atomic E-state index is 0.0960. The number of benzene rings is 3. The fraction of sp³-hybridized carbons (Fsp3) is 0.0769. The predicted molar refractivity (Wildman–Crippen MR) is 144 cm³/mol. The molecule has 0 fully saturated rings. The van der Waals surface area contributed by atoms with E-state index in [0.29, 0.717) is 21.7 Å². The number of halogens is 4. The lowest BCUT2D eigenvalue weighted by Crippen LogP contribution is -2.39. The van der Waals surface area contributed by atoms with Crippen LogP contribution < -0.4 is 9.73 Å². The van der Waals surface area contributed by atoms with E-state index in [-0.39, 0.29) is 16.3 Å². The van der Waals surface area contributed by atoms with Crippen LogP contribution >= 0.6 is 11.6 Å². The van der Waals surface area contributed by atoms with Crippen molar-refractivity contribution in [2.45, 2.75) is 11.1 Å². The molecule has 0 unspecified atom stereocenters. The first-order valence-corrected chi connectivity index (χ1v) is 13.3. The molecule has 0 aliphatic heterocycles. The highest BCUT2D eigenvalue weighted by Gasteiger charge is 2.35. The molecule has 0 aliphatic rings. The third-order valence-electron chi connectivity index (χ3n) is 5.53. The number of alkyl halides is 3. The standard InChI is InChI=1S/C26H18ClF3N4O6S/c27-23-12-10-19(14-22(23)26(28,29)30)33(41(38,39)21-4-2-1-3-5-21)16-25(35)32-31-15-20-11-13-24(40-20)17-6-8-18(9-7-17)34(36)37/h1-15H,16H2,(H,32,35)/b31-15-. The summed E-state index contributed by atoms with van der Waals surface area (Å²) in [6.07, 6.45) is -3.76. The first-order valence-electron chi connectivity index (χ1n) is 11.5. The maximum Gasteiger partial charge on any atom is 0.417 e. The number of hydrazone groups is 1. The quantitative estimate of drug-likeness (QED) is 0.144. The molecule has 1 aromatic heterocycles. The number of nitro groups is 1. The largest absolute Gasteiger partial charge is 0.455 e. The minimum Gasteiger partial charge on any atom is -0.455 e. The van der Waals surface area contributed by atoms with Crippen molar-refractivity contribution in [2.75, 3.05) is 10.8 Å². The van der Waals surface area contributed by atoms with Crippen LogP contribution in [0.15, 0.2) is 99.3 Å². The van der Waals surface area contributed by atoms with Crippen LogP contribution in [0, 0.1) is 10.1 Å². The zero-order valence-corrected chi connectivity index (χ0v) is 22.2. The number of carbonyl (C=O) groups excluding carboxylic acids is 1. The van der Waals surface area contributed by atoms with Crippen molar-refractivity contribution in [3.05, 3.63) is 111 Å². The van der Waals surface area contributed by atoms with Crippen LogP contribution in [-0.2, 0) is 21.0 Å². The summed E-state index contributed by atoms with van der Waals surface area (Å²) in [6.45, 7) is -0.917. The highest BCUT2D eigenvalue weighted by Crippen LogP contribution is 2.38. The second kappa shape index (κ2) is 11.8. The van der Waals surface area contributed by atoms with Gasteiger partial charge in [0, 0.05) is 17.7 Å². The number of non-ortho nitro benzene ring substituents is 1. The summed E-state index contributed by atoms with van der Waals surface area (Å²) in [4.78, 5) is 22.7. The van der Waals surface area contributed by atoms with Crippen molar-refractivity contribution in [3.63, 3.8) is 0 Å². The fourth-order valence-corrected chi connectivity index (χ4v) is 5.24. The highest BCUT2D eigenvalue weighted by atomic mass is 35.5. The molecule has 0 spiro atoms. The van der Waals surface area contributed by atoms with Gasteiger partial charge >= 0.3 is 6.18 Å². The molecule has 4 aromatic rings. The Morgan fingerprint density at radius 3 is 2.37 bits per heavy atom. The van der Waals surface area contributed by atoms with Crippen molar-refractivity contribution in [3.8, 4) is 11.3 Å². The zero-order chi connectivity index (χ0) is 29.8. The second-order valence-corrected chi connectivity index (χ2v) is 10.6. The fourth-order valence-electron chi connectivity index (χ4n) is 3.58. The molecule has 10 nitrogen and oxygen atoms in total. The summed E-state index contributed by atoms with van der Waals surface area (Å²) in [6, 6.07) is 18.0. The van der Waals surface area contributed by atoms with E-state index in [1.54, 1.807) is 12.1 Å². The van der Waals surface area contributed by atoms with E-state index in [0.717, 1.165) is 18.3 Å². The van der Waals surface area contributed by atoms with Crippen molar-refractivity contribution < 1.29 is 35.7 Å².